The van der Waals surface area contributed by atoms with Crippen LogP contribution in [0.3, 0.4) is 0 Å². The normalized spacial score (nSPS) is 17.4. The van der Waals surface area contributed by atoms with Gasteiger partial charge in [0.2, 0.25) is 0 Å². The highest BCUT2D eigenvalue weighted by atomic mass is 16.5. The van der Waals surface area contributed by atoms with Gasteiger partial charge in [0.1, 0.15) is 6.61 Å². The van der Waals surface area contributed by atoms with Crippen LogP contribution in [0.25, 0.3) is 0 Å². The van der Waals surface area contributed by atoms with Gasteiger partial charge in [-0.1, -0.05) is 13.8 Å². The summed E-state index contributed by atoms with van der Waals surface area (Å²) in [6, 6.07) is 0. The monoisotopic (exact) mass is 244 g/mol. The van der Waals surface area contributed by atoms with E-state index in [1.165, 1.54) is 0 Å². The fourth-order valence-electron chi connectivity index (χ4n) is 1.79. The van der Waals surface area contributed by atoms with Gasteiger partial charge in [-0.25, -0.2) is 0 Å². The minimum absolute atomic E-state index is 0.123. The molecule has 0 radical (unpaired) electrons. The van der Waals surface area contributed by atoms with Crippen molar-refractivity contribution in [3.05, 3.63) is 0 Å². The molecule has 0 atom stereocenters. The molecule has 5 nitrogen and oxygen atoms in total. The number of hydrogen-bond acceptors (Lipinski definition) is 5. The number of hydrogen-bond donors (Lipinski definition) is 0. The van der Waals surface area contributed by atoms with E-state index in [0.29, 0.717) is 13.2 Å². The molecule has 1 rings (SSSR count). The van der Waals surface area contributed by atoms with Crippen molar-refractivity contribution >= 4 is 5.97 Å². The van der Waals surface area contributed by atoms with Gasteiger partial charge < -0.3 is 9.47 Å². The van der Waals surface area contributed by atoms with Gasteiger partial charge in [-0.15, -0.1) is 0 Å². The van der Waals surface area contributed by atoms with Gasteiger partial charge >= 0.3 is 5.97 Å². The van der Waals surface area contributed by atoms with Crippen LogP contribution in [0.2, 0.25) is 0 Å². The van der Waals surface area contributed by atoms with E-state index in [1.807, 2.05) is 13.8 Å². The largest absolute Gasteiger partial charge is 0.463 e. The first-order valence-electron chi connectivity index (χ1n) is 6.44. The number of carbonyl (C=O) groups excluding carboxylic acids is 1. The zero-order valence-electron chi connectivity index (χ0n) is 11.0. The lowest BCUT2D eigenvalue weighted by atomic mass is 10.4. The van der Waals surface area contributed by atoms with E-state index < -0.39 is 0 Å². The summed E-state index contributed by atoms with van der Waals surface area (Å²) in [7, 11) is 0. The van der Waals surface area contributed by atoms with E-state index in [9.17, 15) is 4.79 Å². The van der Waals surface area contributed by atoms with Crippen LogP contribution >= 0.6 is 0 Å². The molecule has 1 saturated heterocycles. The minimum Gasteiger partial charge on any atom is -0.463 e. The lowest BCUT2D eigenvalue weighted by Crippen LogP contribution is -2.39. The summed E-state index contributed by atoms with van der Waals surface area (Å²) < 4.78 is 10.5. The lowest BCUT2D eigenvalue weighted by molar-refractivity contribution is -0.145. The lowest BCUT2D eigenvalue weighted by Gasteiger charge is -2.26. The maximum Gasteiger partial charge on any atom is 0.320 e. The van der Waals surface area contributed by atoms with Crippen LogP contribution < -0.4 is 0 Å². The molecule has 0 spiro atoms. The van der Waals surface area contributed by atoms with E-state index in [2.05, 4.69) is 9.80 Å². The molecule has 1 fully saturated rings. The molecule has 0 amide bonds. The summed E-state index contributed by atoms with van der Waals surface area (Å²) in [6.07, 6.45) is 0. The minimum atomic E-state index is -0.123. The van der Waals surface area contributed by atoms with E-state index in [1.54, 1.807) is 0 Å². The molecule has 1 aliphatic rings. The standard InChI is InChI=1S/C12H24N2O3/c1-3-13(4-2)11-12(15)17-10-7-14-5-8-16-9-6-14/h3-11H2,1-2H3. The van der Waals surface area contributed by atoms with Crippen molar-refractivity contribution < 1.29 is 14.3 Å². The molecule has 100 valence electrons. The molecule has 17 heavy (non-hydrogen) atoms. The molecule has 0 N–H and O–H groups in total. The first kappa shape index (κ1) is 14.4. The van der Waals surface area contributed by atoms with Crippen LogP contribution in [0.4, 0.5) is 0 Å². The first-order chi connectivity index (χ1) is 8.26. The third-order valence-electron chi connectivity index (χ3n) is 3.02. The van der Waals surface area contributed by atoms with Crippen molar-refractivity contribution in [2.24, 2.45) is 0 Å². The maximum atomic E-state index is 11.5. The highest BCUT2D eigenvalue weighted by molar-refractivity contribution is 5.71. The summed E-state index contributed by atoms with van der Waals surface area (Å²) in [4.78, 5) is 15.8. The summed E-state index contributed by atoms with van der Waals surface area (Å²) >= 11 is 0. The number of likely N-dealkylation sites (N-methyl/N-ethyl adjacent to an activating group) is 1. The smallest absolute Gasteiger partial charge is 0.320 e. The van der Waals surface area contributed by atoms with E-state index in [0.717, 1.165) is 45.9 Å². The second kappa shape index (κ2) is 8.44. The highest BCUT2D eigenvalue weighted by Crippen LogP contribution is 1.96. The average molecular weight is 244 g/mol. The van der Waals surface area contributed by atoms with Crippen molar-refractivity contribution in [1.29, 1.82) is 0 Å². The fourth-order valence-corrected chi connectivity index (χ4v) is 1.79. The summed E-state index contributed by atoms with van der Waals surface area (Å²) in [6.45, 7) is 11.0. The van der Waals surface area contributed by atoms with E-state index in [4.69, 9.17) is 9.47 Å². The molecule has 0 aromatic carbocycles. The third kappa shape index (κ3) is 6.00. The van der Waals surface area contributed by atoms with E-state index >= 15 is 0 Å². The molecule has 0 saturated carbocycles. The van der Waals surface area contributed by atoms with Gasteiger partial charge in [-0.05, 0) is 13.1 Å². The number of esters is 1. The van der Waals surface area contributed by atoms with Crippen molar-refractivity contribution in [2.75, 3.05) is 59.1 Å². The predicted molar refractivity (Wildman–Crippen MR) is 66.0 cm³/mol. The van der Waals surface area contributed by atoms with Crippen LogP contribution in [-0.4, -0.2) is 74.9 Å². The Morgan fingerprint density at radius 3 is 2.53 bits per heavy atom. The summed E-state index contributed by atoms with van der Waals surface area (Å²) in [5.41, 5.74) is 0. The Hall–Kier alpha value is -0.650. The van der Waals surface area contributed by atoms with Crippen molar-refractivity contribution in [3.63, 3.8) is 0 Å². The number of rotatable bonds is 7. The Kier molecular flexibility index (Phi) is 7.16. The highest BCUT2D eigenvalue weighted by Gasteiger charge is 2.12. The van der Waals surface area contributed by atoms with Crippen molar-refractivity contribution in [3.8, 4) is 0 Å². The molecule has 0 aliphatic carbocycles. The predicted octanol–water partition coefficient (Wildman–Crippen LogP) is 0.204. The van der Waals surface area contributed by atoms with Gasteiger partial charge in [-0.2, -0.15) is 0 Å². The average Bonchev–Trinajstić information content (AvgIpc) is 2.37. The van der Waals surface area contributed by atoms with E-state index in [-0.39, 0.29) is 5.97 Å². The van der Waals surface area contributed by atoms with Gasteiger partial charge in [0.05, 0.1) is 19.8 Å². The zero-order valence-corrected chi connectivity index (χ0v) is 11.0. The number of morpholine rings is 1. The number of carbonyl (C=O) groups is 1. The Bertz CT molecular complexity index is 214. The summed E-state index contributed by atoms with van der Waals surface area (Å²) in [5, 5.41) is 0. The number of ether oxygens (including phenoxy) is 2. The van der Waals surface area contributed by atoms with Gasteiger partial charge in [-0.3, -0.25) is 14.6 Å². The quantitative estimate of drug-likeness (QED) is 0.599. The second-order valence-corrected chi connectivity index (χ2v) is 4.14. The van der Waals surface area contributed by atoms with Crippen LogP contribution in [0.5, 0.6) is 0 Å². The SMILES string of the molecule is CCN(CC)CC(=O)OCCN1CCOCC1. The van der Waals surface area contributed by atoms with Gasteiger partial charge in [0.15, 0.2) is 0 Å². The molecule has 1 heterocycles. The van der Waals surface area contributed by atoms with Gasteiger partial charge in [0.25, 0.3) is 0 Å². The first-order valence-corrected chi connectivity index (χ1v) is 6.44. The molecule has 0 aromatic heterocycles. The number of nitrogens with zero attached hydrogens (tertiary/aromatic N) is 2. The third-order valence-corrected chi connectivity index (χ3v) is 3.02. The van der Waals surface area contributed by atoms with Crippen molar-refractivity contribution in [1.82, 2.24) is 9.80 Å². The topological polar surface area (TPSA) is 42.0 Å². The second-order valence-electron chi connectivity index (χ2n) is 4.14. The van der Waals surface area contributed by atoms with Crippen molar-refractivity contribution in [2.45, 2.75) is 13.8 Å². The van der Waals surface area contributed by atoms with Crippen LogP contribution in [0, 0.1) is 0 Å². The zero-order chi connectivity index (χ0) is 12.5. The Morgan fingerprint density at radius 2 is 1.94 bits per heavy atom. The fraction of sp³-hybridized carbons (Fsp3) is 0.917. The molecular weight excluding hydrogens is 220 g/mol. The molecule has 5 heteroatoms. The molecule has 0 aromatic rings. The molecule has 0 bridgehead atoms. The summed E-state index contributed by atoms with van der Waals surface area (Å²) in [5.74, 6) is -0.123. The molecular formula is C12H24N2O3. The van der Waals surface area contributed by atoms with Gasteiger partial charge in [0, 0.05) is 19.6 Å². The maximum absolute atomic E-state index is 11.5. The van der Waals surface area contributed by atoms with Crippen LogP contribution in [0.1, 0.15) is 13.8 Å². The Balaban J connectivity index is 2.06. The Morgan fingerprint density at radius 1 is 1.29 bits per heavy atom. The van der Waals surface area contributed by atoms with Crippen LogP contribution in [-0.2, 0) is 14.3 Å². The van der Waals surface area contributed by atoms with Crippen LogP contribution in [0.15, 0.2) is 0 Å². The molecule has 0 unspecified atom stereocenters. The Labute approximate surface area is 104 Å². The molecule has 1 aliphatic heterocycles.